The largest absolute Gasteiger partial charge is 0.339 e. The van der Waals surface area contributed by atoms with E-state index in [4.69, 9.17) is 0 Å². The Labute approximate surface area is 274 Å². The molecule has 254 valence electrons. The molecule has 44 heavy (non-hydrogen) atoms. The van der Waals surface area contributed by atoms with Gasteiger partial charge in [-0.15, -0.1) is 0 Å². The molecular formula is C40H72N2O2. The number of hydrogen-bond acceptors (Lipinski definition) is 2. The molecule has 0 aliphatic carbocycles. The highest BCUT2D eigenvalue weighted by molar-refractivity contribution is 5.97. The first-order valence-corrected chi connectivity index (χ1v) is 19.3. The zero-order valence-electron chi connectivity index (χ0n) is 29.8. The first-order chi connectivity index (χ1) is 21.6. The van der Waals surface area contributed by atoms with Crippen molar-refractivity contribution in [2.75, 3.05) is 26.2 Å². The molecule has 1 rings (SSSR count). The molecule has 2 amide bonds. The summed E-state index contributed by atoms with van der Waals surface area (Å²) in [6.45, 7) is 12.4. The van der Waals surface area contributed by atoms with Crippen LogP contribution in [0, 0.1) is 0 Å². The minimum atomic E-state index is 0.127. The Morgan fingerprint density at radius 1 is 0.364 bits per heavy atom. The lowest BCUT2D eigenvalue weighted by molar-refractivity contribution is 0.0737. The molecule has 0 aromatic heterocycles. The number of amides is 2. The van der Waals surface area contributed by atoms with E-state index in [1.54, 1.807) is 0 Å². The summed E-state index contributed by atoms with van der Waals surface area (Å²) in [5.74, 6) is 0.254. The second-order valence-electron chi connectivity index (χ2n) is 13.2. The van der Waals surface area contributed by atoms with Gasteiger partial charge < -0.3 is 9.80 Å². The molecule has 0 N–H and O–H groups in total. The summed E-state index contributed by atoms with van der Waals surface area (Å²) in [7, 11) is 0. The monoisotopic (exact) mass is 613 g/mol. The number of rotatable bonds is 30. The van der Waals surface area contributed by atoms with E-state index in [0.29, 0.717) is 0 Å². The number of carbonyl (C=O) groups excluding carboxylic acids is 2. The van der Waals surface area contributed by atoms with E-state index in [1.165, 1.54) is 128 Å². The van der Waals surface area contributed by atoms with Crippen molar-refractivity contribution in [2.45, 2.75) is 182 Å². The standard InChI is InChI=1S/C40H72N2O2/c1-5-9-13-17-21-25-33-41(34-26-22-18-14-10-6-2)39(43)37-29-31-38(32-30-37)40(44)42(35-27-23-19-15-11-7-3)36-28-24-20-16-12-8-4/h29-32H,5-28,33-36H2,1-4H3. The van der Waals surface area contributed by atoms with Crippen LogP contribution in [0.3, 0.4) is 0 Å². The molecule has 0 atom stereocenters. The van der Waals surface area contributed by atoms with E-state index in [9.17, 15) is 9.59 Å². The van der Waals surface area contributed by atoms with Gasteiger partial charge in [-0.05, 0) is 49.9 Å². The van der Waals surface area contributed by atoms with Crippen LogP contribution in [0.4, 0.5) is 0 Å². The van der Waals surface area contributed by atoms with Crippen molar-refractivity contribution in [1.82, 2.24) is 9.80 Å². The quantitative estimate of drug-likeness (QED) is 0.0811. The van der Waals surface area contributed by atoms with Crippen molar-refractivity contribution in [3.8, 4) is 0 Å². The fourth-order valence-corrected chi connectivity index (χ4v) is 6.08. The molecule has 4 heteroatoms. The molecule has 0 saturated heterocycles. The van der Waals surface area contributed by atoms with Crippen molar-refractivity contribution in [3.05, 3.63) is 35.4 Å². The summed E-state index contributed by atoms with van der Waals surface area (Å²) in [6, 6.07) is 7.61. The van der Waals surface area contributed by atoms with Crippen LogP contribution in [0.2, 0.25) is 0 Å². The van der Waals surface area contributed by atoms with Crippen LogP contribution < -0.4 is 0 Å². The van der Waals surface area contributed by atoms with Crippen molar-refractivity contribution in [3.63, 3.8) is 0 Å². The maximum Gasteiger partial charge on any atom is 0.253 e. The molecule has 1 aromatic carbocycles. The third-order valence-corrected chi connectivity index (χ3v) is 9.08. The molecule has 4 nitrogen and oxygen atoms in total. The van der Waals surface area contributed by atoms with Gasteiger partial charge in [-0.1, -0.05) is 156 Å². The highest BCUT2D eigenvalue weighted by atomic mass is 16.2. The van der Waals surface area contributed by atoms with Gasteiger partial charge in [0.2, 0.25) is 0 Å². The van der Waals surface area contributed by atoms with Gasteiger partial charge in [-0.25, -0.2) is 0 Å². The molecular weight excluding hydrogens is 540 g/mol. The minimum absolute atomic E-state index is 0.127. The van der Waals surface area contributed by atoms with Crippen molar-refractivity contribution >= 4 is 11.8 Å². The van der Waals surface area contributed by atoms with Crippen LogP contribution >= 0.6 is 0 Å². The fourth-order valence-electron chi connectivity index (χ4n) is 6.08. The Bertz CT molecular complexity index is 707. The van der Waals surface area contributed by atoms with Crippen LogP contribution in [-0.2, 0) is 0 Å². The molecule has 0 unspecified atom stereocenters. The Hall–Kier alpha value is -1.84. The van der Waals surface area contributed by atoms with Crippen LogP contribution in [0.15, 0.2) is 24.3 Å². The molecule has 0 radical (unpaired) electrons. The average molecular weight is 613 g/mol. The van der Waals surface area contributed by atoms with E-state index in [2.05, 4.69) is 37.5 Å². The summed E-state index contributed by atoms with van der Waals surface area (Å²) >= 11 is 0. The molecule has 0 bridgehead atoms. The second-order valence-corrected chi connectivity index (χ2v) is 13.2. The van der Waals surface area contributed by atoms with Gasteiger partial charge in [0, 0.05) is 37.3 Å². The predicted molar refractivity (Wildman–Crippen MR) is 192 cm³/mol. The number of benzene rings is 1. The molecule has 0 spiro atoms. The molecule has 0 aliphatic rings. The summed E-state index contributed by atoms with van der Waals surface area (Å²) in [6.07, 6.45) is 29.6. The third-order valence-electron chi connectivity index (χ3n) is 9.08. The van der Waals surface area contributed by atoms with Crippen molar-refractivity contribution < 1.29 is 9.59 Å². The lowest BCUT2D eigenvalue weighted by atomic mass is 10.1. The second kappa shape index (κ2) is 28.6. The van der Waals surface area contributed by atoms with Gasteiger partial charge in [0.05, 0.1) is 0 Å². The predicted octanol–water partition coefficient (Wildman–Crippen LogP) is 12.0. The highest BCUT2D eigenvalue weighted by Gasteiger charge is 2.19. The van der Waals surface area contributed by atoms with E-state index < -0.39 is 0 Å². The fraction of sp³-hybridized carbons (Fsp3) is 0.800. The summed E-state index contributed by atoms with van der Waals surface area (Å²) < 4.78 is 0. The van der Waals surface area contributed by atoms with Gasteiger partial charge in [0.15, 0.2) is 0 Å². The van der Waals surface area contributed by atoms with E-state index >= 15 is 0 Å². The molecule has 0 saturated carbocycles. The topological polar surface area (TPSA) is 40.6 Å². The highest BCUT2D eigenvalue weighted by Crippen LogP contribution is 2.16. The number of nitrogens with zero attached hydrogens (tertiary/aromatic N) is 2. The number of carbonyl (C=O) groups is 2. The van der Waals surface area contributed by atoms with Gasteiger partial charge in [-0.2, -0.15) is 0 Å². The lowest BCUT2D eigenvalue weighted by Gasteiger charge is -2.24. The molecule has 0 aliphatic heterocycles. The summed E-state index contributed by atoms with van der Waals surface area (Å²) in [5.41, 5.74) is 1.44. The molecule has 1 aromatic rings. The maximum atomic E-state index is 13.6. The zero-order chi connectivity index (χ0) is 32.1. The first-order valence-electron chi connectivity index (χ1n) is 19.3. The van der Waals surface area contributed by atoms with Crippen molar-refractivity contribution in [1.29, 1.82) is 0 Å². The SMILES string of the molecule is CCCCCCCCN(CCCCCCCC)C(=O)c1ccc(C(=O)N(CCCCCCCC)CCCCCCCC)cc1. The Balaban J connectivity index is 2.80. The zero-order valence-corrected chi connectivity index (χ0v) is 29.8. The normalized spacial score (nSPS) is 11.2. The Morgan fingerprint density at radius 3 is 0.795 bits per heavy atom. The van der Waals surface area contributed by atoms with E-state index in [0.717, 1.165) is 63.0 Å². The van der Waals surface area contributed by atoms with Gasteiger partial charge in [-0.3, -0.25) is 9.59 Å². The number of hydrogen-bond donors (Lipinski definition) is 0. The van der Waals surface area contributed by atoms with Crippen LogP contribution in [0.25, 0.3) is 0 Å². The first kappa shape index (κ1) is 40.2. The molecule has 0 heterocycles. The van der Waals surface area contributed by atoms with Gasteiger partial charge in [0.25, 0.3) is 11.8 Å². The van der Waals surface area contributed by atoms with Crippen LogP contribution in [0.5, 0.6) is 0 Å². The smallest absolute Gasteiger partial charge is 0.253 e. The Morgan fingerprint density at radius 2 is 0.568 bits per heavy atom. The maximum absolute atomic E-state index is 13.6. The van der Waals surface area contributed by atoms with Gasteiger partial charge >= 0.3 is 0 Å². The average Bonchev–Trinajstić information content (AvgIpc) is 3.04. The Kier molecular flexibility index (Phi) is 26.1. The van der Waals surface area contributed by atoms with E-state index in [-0.39, 0.29) is 11.8 Å². The lowest BCUT2D eigenvalue weighted by Crippen LogP contribution is -2.34. The summed E-state index contributed by atoms with van der Waals surface area (Å²) in [5, 5.41) is 0. The van der Waals surface area contributed by atoms with Crippen molar-refractivity contribution in [2.24, 2.45) is 0 Å². The molecule has 0 fully saturated rings. The van der Waals surface area contributed by atoms with Crippen LogP contribution in [0.1, 0.15) is 203 Å². The third kappa shape index (κ3) is 19.5. The minimum Gasteiger partial charge on any atom is -0.339 e. The van der Waals surface area contributed by atoms with Crippen LogP contribution in [-0.4, -0.2) is 47.8 Å². The summed E-state index contributed by atoms with van der Waals surface area (Å²) in [4.78, 5) is 31.4. The van der Waals surface area contributed by atoms with E-state index in [1.807, 2.05) is 24.3 Å². The number of unbranched alkanes of at least 4 members (excludes halogenated alkanes) is 20. The van der Waals surface area contributed by atoms with Gasteiger partial charge in [0.1, 0.15) is 0 Å².